The monoisotopic (exact) mass is 375 g/mol. The summed E-state index contributed by atoms with van der Waals surface area (Å²) in [4.78, 5) is 25.9. The van der Waals surface area contributed by atoms with E-state index in [-0.39, 0.29) is 18.0 Å². The molecule has 1 heterocycles. The Kier molecular flexibility index (Phi) is 6.44. The van der Waals surface area contributed by atoms with E-state index in [1.54, 1.807) is 24.3 Å². The van der Waals surface area contributed by atoms with E-state index < -0.39 is 13.0 Å². The molecule has 1 aliphatic rings. The number of imide groups is 1. The molecule has 1 aliphatic heterocycles. The molecule has 2 rings (SSSR count). The van der Waals surface area contributed by atoms with Crippen molar-refractivity contribution in [3.8, 4) is 12.3 Å². The topological polar surface area (TPSA) is 63.7 Å². The van der Waals surface area contributed by atoms with Crippen LogP contribution in [0.1, 0.15) is 60.7 Å². The molecule has 1 aromatic rings. The molecule has 1 unspecified atom stereocenters. The highest BCUT2D eigenvalue weighted by atomic mass is 31.2. The van der Waals surface area contributed by atoms with Crippen molar-refractivity contribution < 1.29 is 18.7 Å². The fourth-order valence-corrected chi connectivity index (χ4v) is 5.33. The molecule has 0 radical (unpaired) electrons. The molecule has 1 aromatic carbocycles. The second-order valence-electron chi connectivity index (χ2n) is 7.47. The summed E-state index contributed by atoms with van der Waals surface area (Å²) in [6, 6.07) is 6.86. The zero-order valence-corrected chi connectivity index (χ0v) is 16.6. The van der Waals surface area contributed by atoms with Gasteiger partial charge < -0.3 is 4.52 Å². The summed E-state index contributed by atoms with van der Waals surface area (Å²) in [5.74, 6) is 1.98. The molecule has 2 amide bonds. The highest BCUT2D eigenvalue weighted by Gasteiger charge is 2.34. The second kappa shape index (κ2) is 8.20. The van der Waals surface area contributed by atoms with Crippen LogP contribution in [0.15, 0.2) is 24.3 Å². The smallest absolute Gasteiger partial charge is 0.261 e. The third-order valence-corrected chi connectivity index (χ3v) is 6.57. The number of nitrogens with zero attached hydrogens (tertiary/aromatic N) is 1. The number of amides is 2. The molecule has 26 heavy (non-hydrogen) atoms. The number of hydrogen-bond donors (Lipinski definition) is 0. The second-order valence-corrected chi connectivity index (χ2v) is 10.0. The number of terminal acetylenes is 1. The molecule has 0 saturated heterocycles. The van der Waals surface area contributed by atoms with Crippen LogP contribution in [0.25, 0.3) is 0 Å². The lowest BCUT2D eigenvalue weighted by Crippen LogP contribution is -2.30. The fourth-order valence-electron chi connectivity index (χ4n) is 3.04. The first-order valence-electron chi connectivity index (χ1n) is 8.84. The first kappa shape index (κ1) is 20.4. The Morgan fingerprint density at radius 1 is 1.08 bits per heavy atom. The maximum absolute atomic E-state index is 12.8. The zero-order valence-electron chi connectivity index (χ0n) is 15.7. The van der Waals surface area contributed by atoms with Crippen molar-refractivity contribution in [1.29, 1.82) is 0 Å². The van der Waals surface area contributed by atoms with Crippen molar-refractivity contribution in [2.45, 2.75) is 45.6 Å². The fraction of sp³-hybridized carbons (Fsp3) is 0.500. The van der Waals surface area contributed by atoms with E-state index in [2.05, 4.69) is 5.92 Å². The summed E-state index contributed by atoms with van der Waals surface area (Å²) < 4.78 is 18.5. The molecule has 0 spiro atoms. The van der Waals surface area contributed by atoms with Crippen LogP contribution < -0.4 is 0 Å². The van der Waals surface area contributed by atoms with Crippen LogP contribution in [0.2, 0.25) is 0 Å². The highest BCUT2D eigenvalue weighted by molar-refractivity contribution is 7.59. The summed E-state index contributed by atoms with van der Waals surface area (Å²) >= 11 is 0. The van der Waals surface area contributed by atoms with Crippen LogP contribution >= 0.6 is 7.37 Å². The van der Waals surface area contributed by atoms with Crippen molar-refractivity contribution in [1.82, 2.24) is 4.90 Å². The molecular weight excluding hydrogens is 349 g/mol. The van der Waals surface area contributed by atoms with Gasteiger partial charge in [-0.25, -0.2) is 0 Å². The largest absolute Gasteiger partial charge is 0.322 e. The van der Waals surface area contributed by atoms with E-state index in [4.69, 9.17) is 10.9 Å². The Balaban J connectivity index is 1.82. The van der Waals surface area contributed by atoms with Crippen molar-refractivity contribution in [3.63, 3.8) is 0 Å². The number of fused-ring (bicyclic) bond motifs is 1. The van der Waals surface area contributed by atoms with Gasteiger partial charge in [-0.05, 0) is 45.7 Å². The van der Waals surface area contributed by atoms with Gasteiger partial charge in [0.15, 0.2) is 0 Å². The van der Waals surface area contributed by atoms with Crippen LogP contribution in [-0.2, 0) is 9.09 Å². The average molecular weight is 375 g/mol. The molecule has 5 nitrogen and oxygen atoms in total. The van der Waals surface area contributed by atoms with Gasteiger partial charge in [-0.2, -0.15) is 0 Å². The van der Waals surface area contributed by atoms with E-state index >= 15 is 0 Å². The van der Waals surface area contributed by atoms with Crippen LogP contribution in [0.3, 0.4) is 0 Å². The minimum absolute atomic E-state index is 0.128. The van der Waals surface area contributed by atoms with Gasteiger partial charge in [-0.3, -0.25) is 19.1 Å². The van der Waals surface area contributed by atoms with Crippen LogP contribution in [0.5, 0.6) is 0 Å². The molecule has 1 atom stereocenters. The van der Waals surface area contributed by atoms with Gasteiger partial charge >= 0.3 is 0 Å². The predicted molar refractivity (Wildman–Crippen MR) is 103 cm³/mol. The molecule has 0 aromatic heterocycles. The third kappa shape index (κ3) is 5.06. The summed E-state index contributed by atoms with van der Waals surface area (Å²) in [5.41, 5.74) is 0.427. The highest BCUT2D eigenvalue weighted by Crippen LogP contribution is 2.50. The number of rotatable bonds is 8. The van der Waals surface area contributed by atoms with Crippen LogP contribution in [-0.4, -0.2) is 41.2 Å². The number of carbonyl (C=O) groups excluding carboxylic acids is 2. The van der Waals surface area contributed by atoms with Crippen LogP contribution in [0.4, 0.5) is 0 Å². The van der Waals surface area contributed by atoms with Gasteiger partial charge in [0.1, 0.15) is 0 Å². The Labute approximate surface area is 155 Å². The molecular formula is C20H26NO4P. The minimum atomic E-state index is -2.86. The minimum Gasteiger partial charge on any atom is -0.322 e. The van der Waals surface area contributed by atoms with Gasteiger partial charge in [-0.15, -0.1) is 6.42 Å². The van der Waals surface area contributed by atoms with Gasteiger partial charge in [0.2, 0.25) is 7.37 Å². The Bertz CT molecular complexity index is 738. The maximum atomic E-state index is 12.8. The summed E-state index contributed by atoms with van der Waals surface area (Å²) in [6.45, 7) is 5.95. The van der Waals surface area contributed by atoms with Crippen molar-refractivity contribution >= 4 is 19.2 Å². The van der Waals surface area contributed by atoms with Crippen molar-refractivity contribution in [2.24, 2.45) is 0 Å². The standard InChI is InChI=1S/C20H26NO4P/c1-5-14-26(24,25-20(2,3)4)15-10-6-9-13-21-18(22)16-11-7-8-12-17(16)19(21)23/h1,7-8,11-12H,6,9-10,13-15H2,2-4H3. The van der Waals surface area contributed by atoms with E-state index in [1.165, 1.54) is 4.90 Å². The lowest BCUT2D eigenvalue weighted by molar-refractivity contribution is 0.0651. The van der Waals surface area contributed by atoms with Crippen LogP contribution in [0, 0.1) is 12.3 Å². The average Bonchev–Trinajstić information content (AvgIpc) is 2.78. The molecule has 0 aliphatic carbocycles. The molecule has 0 saturated carbocycles. The quantitative estimate of drug-likeness (QED) is 0.296. The lowest BCUT2D eigenvalue weighted by atomic mass is 10.1. The number of hydrogen-bond acceptors (Lipinski definition) is 4. The first-order chi connectivity index (χ1) is 12.2. The number of carbonyl (C=O) groups is 2. The first-order valence-corrected chi connectivity index (χ1v) is 10.8. The number of benzene rings is 1. The van der Waals surface area contributed by atoms with Gasteiger partial charge in [0, 0.05) is 12.7 Å². The summed E-state index contributed by atoms with van der Waals surface area (Å²) in [7, 11) is -2.86. The maximum Gasteiger partial charge on any atom is 0.261 e. The van der Waals surface area contributed by atoms with Crippen molar-refractivity contribution in [3.05, 3.63) is 35.4 Å². The molecule has 0 fully saturated rings. The molecule has 140 valence electrons. The van der Waals surface area contributed by atoms with Gasteiger partial charge in [0.05, 0.1) is 22.9 Å². The van der Waals surface area contributed by atoms with E-state index in [1.807, 2.05) is 20.8 Å². The van der Waals surface area contributed by atoms with Gasteiger partial charge in [-0.1, -0.05) is 24.5 Å². The Hall–Kier alpha value is -1.89. The van der Waals surface area contributed by atoms with Gasteiger partial charge in [0.25, 0.3) is 11.8 Å². The summed E-state index contributed by atoms with van der Waals surface area (Å²) in [5, 5.41) is 0. The summed E-state index contributed by atoms with van der Waals surface area (Å²) in [6.07, 6.45) is 7.96. The predicted octanol–water partition coefficient (Wildman–Crippen LogP) is 4.18. The third-order valence-electron chi connectivity index (χ3n) is 4.03. The molecule has 6 heteroatoms. The van der Waals surface area contributed by atoms with E-state index in [0.717, 1.165) is 6.42 Å². The molecule has 0 bridgehead atoms. The Morgan fingerprint density at radius 3 is 2.15 bits per heavy atom. The van der Waals surface area contributed by atoms with Crippen molar-refractivity contribution in [2.75, 3.05) is 18.9 Å². The Morgan fingerprint density at radius 2 is 1.65 bits per heavy atom. The molecule has 0 N–H and O–H groups in total. The zero-order chi connectivity index (χ0) is 19.4. The lowest BCUT2D eigenvalue weighted by Gasteiger charge is -2.26. The number of unbranched alkanes of at least 4 members (excludes halogenated alkanes) is 2. The van der Waals surface area contributed by atoms with E-state index in [0.29, 0.717) is 36.7 Å². The SMILES string of the molecule is C#CCP(=O)(CCCCCN1C(=O)c2ccccc2C1=O)OC(C)(C)C. The normalized spacial score (nSPS) is 16.3. The van der Waals surface area contributed by atoms with E-state index in [9.17, 15) is 14.2 Å².